The highest BCUT2D eigenvalue weighted by Gasteiger charge is 2.22. The van der Waals surface area contributed by atoms with Crippen LogP contribution in [0.25, 0.3) is 11.0 Å². The van der Waals surface area contributed by atoms with E-state index in [2.05, 4.69) is 14.7 Å². The third-order valence-corrected chi connectivity index (χ3v) is 5.75. The van der Waals surface area contributed by atoms with Crippen molar-refractivity contribution in [1.29, 1.82) is 0 Å². The molecule has 0 aliphatic heterocycles. The zero-order chi connectivity index (χ0) is 21.9. The number of nitrogens with one attached hydrogen (secondary N) is 2. The molecule has 1 aromatic carbocycles. The van der Waals surface area contributed by atoms with Crippen LogP contribution in [-0.4, -0.2) is 42.5 Å². The molecule has 10 heteroatoms. The van der Waals surface area contributed by atoms with Gasteiger partial charge in [0.2, 0.25) is 10.0 Å². The molecule has 0 unspecified atom stereocenters. The smallest absolute Gasteiger partial charge is 0.339 e. The number of aromatic amines is 1. The number of H-pyrrole nitrogens is 1. The maximum absolute atomic E-state index is 14.9. The van der Waals surface area contributed by atoms with Gasteiger partial charge >= 0.3 is 5.97 Å². The number of benzene rings is 1. The first kappa shape index (κ1) is 21.4. The molecule has 2 heterocycles. The van der Waals surface area contributed by atoms with Gasteiger partial charge in [0.25, 0.3) is 0 Å². The number of carbonyl (C=O) groups excluding carboxylic acids is 2. The maximum Gasteiger partial charge on any atom is 0.339 e. The highest BCUT2D eigenvalue weighted by atomic mass is 32.2. The van der Waals surface area contributed by atoms with Crippen molar-refractivity contribution in [2.45, 2.75) is 20.3 Å². The zero-order valence-corrected chi connectivity index (χ0v) is 17.2. The fraction of sp³-hybridized carbons (Fsp3) is 0.250. The van der Waals surface area contributed by atoms with Gasteiger partial charge in [0, 0.05) is 23.3 Å². The quantitative estimate of drug-likeness (QED) is 0.416. The predicted molar refractivity (Wildman–Crippen MR) is 110 cm³/mol. The van der Waals surface area contributed by atoms with E-state index < -0.39 is 27.6 Å². The lowest BCUT2D eigenvalue weighted by molar-refractivity contribution is 0.0526. The Morgan fingerprint density at radius 3 is 2.70 bits per heavy atom. The van der Waals surface area contributed by atoms with Gasteiger partial charge < -0.3 is 9.72 Å². The van der Waals surface area contributed by atoms with Gasteiger partial charge in [0.1, 0.15) is 5.65 Å². The van der Waals surface area contributed by atoms with Crippen molar-refractivity contribution >= 4 is 38.5 Å². The Balaban J connectivity index is 2.01. The number of ketones is 1. The minimum atomic E-state index is -3.73. The van der Waals surface area contributed by atoms with Crippen LogP contribution in [0.4, 0.5) is 10.1 Å². The van der Waals surface area contributed by atoms with Gasteiger partial charge in [0.05, 0.1) is 29.2 Å². The topological polar surface area (TPSA) is 118 Å². The number of carbonyl (C=O) groups is 2. The summed E-state index contributed by atoms with van der Waals surface area (Å²) in [7, 11) is -3.73. The Morgan fingerprint density at radius 1 is 1.23 bits per heavy atom. The Kier molecular flexibility index (Phi) is 6.16. The Bertz CT molecular complexity index is 1220. The summed E-state index contributed by atoms with van der Waals surface area (Å²) in [6, 6.07) is 5.33. The first-order chi connectivity index (χ1) is 14.3. The van der Waals surface area contributed by atoms with Crippen LogP contribution in [0.3, 0.4) is 0 Å². The van der Waals surface area contributed by atoms with Crippen LogP contribution in [0.1, 0.15) is 46.5 Å². The average Bonchev–Trinajstić information content (AvgIpc) is 3.12. The minimum Gasteiger partial charge on any atom is -0.462 e. The Labute approximate surface area is 172 Å². The van der Waals surface area contributed by atoms with Gasteiger partial charge in [-0.2, -0.15) is 0 Å². The average molecular weight is 433 g/mol. The number of pyridine rings is 1. The van der Waals surface area contributed by atoms with Crippen LogP contribution in [0, 0.1) is 5.82 Å². The molecular weight excluding hydrogens is 413 g/mol. The van der Waals surface area contributed by atoms with E-state index >= 15 is 0 Å². The summed E-state index contributed by atoms with van der Waals surface area (Å²) < 4.78 is 46.0. The van der Waals surface area contributed by atoms with Crippen molar-refractivity contribution in [1.82, 2.24) is 9.97 Å². The number of halogens is 1. The molecular formula is C20H20FN3O5S. The van der Waals surface area contributed by atoms with E-state index in [-0.39, 0.29) is 34.7 Å². The first-order valence-electron chi connectivity index (χ1n) is 9.25. The molecule has 0 saturated carbocycles. The third kappa shape index (κ3) is 4.33. The van der Waals surface area contributed by atoms with Gasteiger partial charge in [-0.25, -0.2) is 22.6 Å². The Hall–Kier alpha value is -3.27. The summed E-state index contributed by atoms with van der Waals surface area (Å²) in [4.78, 5) is 31.9. The zero-order valence-electron chi connectivity index (χ0n) is 16.4. The highest BCUT2D eigenvalue weighted by Crippen LogP contribution is 2.26. The van der Waals surface area contributed by atoms with Gasteiger partial charge in [0.15, 0.2) is 11.6 Å². The summed E-state index contributed by atoms with van der Waals surface area (Å²) >= 11 is 0. The number of nitrogens with zero attached hydrogens (tertiary/aromatic N) is 1. The molecule has 0 amide bonds. The number of hydrogen-bond donors (Lipinski definition) is 2. The Morgan fingerprint density at radius 2 is 2.00 bits per heavy atom. The van der Waals surface area contributed by atoms with Crippen LogP contribution in [0.15, 0.2) is 36.7 Å². The van der Waals surface area contributed by atoms with E-state index in [1.807, 2.05) is 0 Å². The molecule has 0 fully saturated rings. The minimum absolute atomic E-state index is 0.0936. The molecule has 3 rings (SSSR count). The van der Waals surface area contributed by atoms with E-state index in [9.17, 15) is 22.4 Å². The molecule has 0 radical (unpaired) electrons. The second-order valence-electron chi connectivity index (χ2n) is 6.46. The molecule has 0 bridgehead atoms. The monoisotopic (exact) mass is 433 g/mol. The lowest BCUT2D eigenvalue weighted by Gasteiger charge is -2.10. The molecule has 0 aliphatic carbocycles. The molecule has 0 atom stereocenters. The molecule has 2 aromatic heterocycles. The van der Waals surface area contributed by atoms with Crippen LogP contribution in [-0.2, 0) is 14.8 Å². The third-order valence-electron chi connectivity index (χ3n) is 4.27. The number of sulfonamides is 1. The summed E-state index contributed by atoms with van der Waals surface area (Å²) in [5.74, 6) is -2.43. The molecule has 0 saturated heterocycles. The van der Waals surface area contributed by atoms with Gasteiger partial charge in [-0.05, 0) is 31.5 Å². The molecule has 8 nitrogen and oxygen atoms in total. The fourth-order valence-corrected chi connectivity index (χ4v) is 4.07. The molecule has 0 spiro atoms. The van der Waals surface area contributed by atoms with E-state index in [1.165, 1.54) is 36.7 Å². The van der Waals surface area contributed by atoms with Crippen molar-refractivity contribution in [3.8, 4) is 0 Å². The van der Waals surface area contributed by atoms with Crippen LogP contribution >= 0.6 is 0 Å². The molecule has 0 aliphatic rings. The number of aromatic nitrogens is 2. The first-order valence-corrected chi connectivity index (χ1v) is 10.9. The molecule has 30 heavy (non-hydrogen) atoms. The highest BCUT2D eigenvalue weighted by molar-refractivity contribution is 7.92. The van der Waals surface area contributed by atoms with E-state index in [1.54, 1.807) is 13.8 Å². The van der Waals surface area contributed by atoms with Crippen molar-refractivity contribution in [2.75, 3.05) is 17.1 Å². The number of ether oxygens (including phenoxy) is 1. The summed E-state index contributed by atoms with van der Waals surface area (Å²) in [6.07, 6.45) is 3.04. The van der Waals surface area contributed by atoms with Crippen LogP contribution < -0.4 is 4.72 Å². The van der Waals surface area contributed by atoms with Crippen molar-refractivity contribution < 1.29 is 27.1 Å². The second-order valence-corrected chi connectivity index (χ2v) is 8.30. The van der Waals surface area contributed by atoms with E-state index in [0.717, 1.165) is 0 Å². The number of esters is 1. The SMILES string of the molecule is CCCS(=O)(=O)Nc1cccc(C(=O)c2c[nH]c3ncc(C(=O)OCC)cc23)c1F. The molecule has 2 N–H and O–H groups in total. The number of rotatable bonds is 8. The maximum atomic E-state index is 14.9. The van der Waals surface area contributed by atoms with E-state index in [4.69, 9.17) is 4.74 Å². The van der Waals surface area contributed by atoms with Crippen molar-refractivity contribution in [2.24, 2.45) is 0 Å². The summed E-state index contributed by atoms with van der Waals surface area (Å²) in [5.41, 5.74) is -0.0316. The predicted octanol–water partition coefficient (Wildman–Crippen LogP) is 3.26. The lowest BCUT2D eigenvalue weighted by Crippen LogP contribution is -2.18. The van der Waals surface area contributed by atoms with Gasteiger partial charge in [-0.1, -0.05) is 13.0 Å². The number of anilines is 1. The standard InChI is InChI=1S/C20H20FN3O5S/c1-3-8-30(27,28)24-16-7-5-6-13(17(16)21)18(25)15-11-23-19-14(15)9-12(10-22-19)20(26)29-4-2/h5-7,9-11,24H,3-4,8H2,1-2H3,(H,22,23). The second kappa shape index (κ2) is 8.62. The van der Waals surface area contributed by atoms with Gasteiger partial charge in [-0.15, -0.1) is 0 Å². The number of fused-ring (bicyclic) bond motifs is 1. The largest absolute Gasteiger partial charge is 0.462 e. The number of hydrogen-bond acceptors (Lipinski definition) is 6. The fourth-order valence-electron chi connectivity index (χ4n) is 2.94. The molecule has 3 aromatic rings. The van der Waals surface area contributed by atoms with Crippen LogP contribution in [0.2, 0.25) is 0 Å². The summed E-state index contributed by atoms with van der Waals surface area (Å²) in [5, 5.41) is 0.321. The lowest BCUT2D eigenvalue weighted by atomic mass is 10.0. The van der Waals surface area contributed by atoms with Crippen molar-refractivity contribution in [3.63, 3.8) is 0 Å². The van der Waals surface area contributed by atoms with E-state index in [0.29, 0.717) is 17.5 Å². The normalized spacial score (nSPS) is 11.4. The van der Waals surface area contributed by atoms with Gasteiger partial charge in [-0.3, -0.25) is 9.52 Å². The summed E-state index contributed by atoms with van der Waals surface area (Å²) in [6.45, 7) is 3.53. The van der Waals surface area contributed by atoms with Crippen molar-refractivity contribution in [3.05, 3.63) is 59.2 Å². The van der Waals surface area contributed by atoms with Crippen LogP contribution in [0.5, 0.6) is 0 Å². The molecule has 158 valence electrons.